The van der Waals surface area contributed by atoms with E-state index in [0.29, 0.717) is 16.3 Å². The third-order valence-electron chi connectivity index (χ3n) is 3.66. The number of benzene rings is 2. The summed E-state index contributed by atoms with van der Waals surface area (Å²) in [6.45, 7) is 1.08. The summed E-state index contributed by atoms with van der Waals surface area (Å²) in [7, 11) is 1.59. The van der Waals surface area contributed by atoms with Crippen LogP contribution in [0, 0.1) is 0 Å². The fourth-order valence-electron chi connectivity index (χ4n) is 2.09. The van der Waals surface area contributed by atoms with Crippen LogP contribution in [-0.2, 0) is 14.3 Å². The van der Waals surface area contributed by atoms with Gasteiger partial charge in [0.15, 0.2) is 6.61 Å². The first-order valence-electron chi connectivity index (χ1n) is 7.93. The van der Waals surface area contributed by atoms with Crippen molar-refractivity contribution in [3.05, 3.63) is 65.2 Å². The lowest BCUT2D eigenvalue weighted by Gasteiger charge is -2.18. The average Bonchev–Trinajstić information content (AvgIpc) is 2.66. The van der Waals surface area contributed by atoms with Gasteiger partial charge in [0.1, 0.15) is 6.04 Å². The maximum absolute atomic E-state index is 12.1. The molecular weight excluding hydrogens is 356 g/mol. The van der Waals surface area contributed by atoms with Crippen molar-refractivity contribution in [3.8, 4) is 0 Å². The Kier molecular flexibility index (Phi) is 6.74. The van der Waals surface area contributed by atoms with Crippen molar-refractivity contribution >= 4 is 35.1 Å². The summed E-state index contributed by atoms with van der Waals surface area (Å²) in [5, 5.41) is 3.03. The first kappa shape index (κ1) is 19.5. The molecule has 0 bridgehead atoms. The number of ether oxygens (including phenoxy) is 1. The van der Waals surface area contributed by atoms with Gasteiger partial charge in [-0.2, -0.15) is 0 Å². The van der Waals surface area contributed by atoms with Crippen LogP contribution in [0.15, 0.2) is 54.6 Å². The molecule has 0 aliphatic carbocycles. The quantitative estimate of drug-likeness (QED) is 0.789. The molecule has 0 aliphatic rings. The van der Waals surface area contributed by atoms with Crippen LogP contribution in [0.2, 0.25) is 5.02 Å². The Bertz CT molecular complexity index is 778. The second-order valence-corrected chi connectivity index (χ2v) is 6.03. The highest BCUT2D eigenvalue weighted by molar-refractivity contribution is 6.30. The smallest absolute Gasteiger partial charge is 0.328 e. The first-order chi connectivity index (χ1) is 12.4. The number of likely N-dealkylation sites (N-methyl/N-ethyl adjacent to an activating group) is 1. The Balaban J connectivity index is 1.84. The van der Waals surface area contributed by atoms with Gasteiger partial charge in [-0.3, -0.25) is 9.59 Å². The number of anilines is 1. The Morgan fingerprint density at radius 1 is 1.08 bits per heavy atom. The zero-order valence-corrected chi connectivity index (χ0v) is 15.2. The largest absolute Gasteiger partial charge is 0.454 e. The molecule has 0 fully saturated rings. The van der Waals surface area contributed by atoms with Crippen LogP contribution in [0.5, 0.6) is 0 Å². The lowest BCUT2D eigenvalue weighted by Crippen LogP contribution is -2.41. The van der Waals surface area contributed by atoms with Gasteiger partial charge in [0.25, 0.3) is 11.8 Å². The second-order valence-electron chi connectivity index (χ2n) is 5.60. The van der Waals surface area contributed by atoms with Gasteiger partial charge >= 0.3 is 5.97 Å². The predicted molar refractivity (Wildman–Crippen MR) is 99.2 cm³/mol. The van der Waals surface area contributed by atoms with E-state index < -0.39 is 24.5 Å². The summed E-state index contributed by atoms with van der Waals surface area (Å²) in [6.07, 6.45) is 0. The summed E-state index contributed by atoms with van der Waals surface area (Å²) in [6, 6.07) is 14.4. The van der Waals surface area contributed by atoms with E-state index in [4.69, 9.17) is 16.3 Å². The molecule has 26 heavy (non-hydrogen) atoms. The number of hydrogen-bond donors (Lipinski definition) is 1. The molecule has 6 nitrogen and oxygen atoms in total. The van der Waals surface area contributed by atoms with E-state index in [1.165, 1.54) is 11.8 Å². The van der Waals surface area contributed by atoms with Gasteiger partial charge in [-0.05, 0) is 43.3 Å². The molecule has 136 valence electrons. The minimum Gasteiger partial charge on any atom is -0.454 e. The molecule has 1 N–H and O–H groups in total. The molecule has 0 aromatic heterocycles. The van der Waals surface area contributed by atoms with Crippen LogP contribution in [0.25, 0.3) is 0 Å². The highest BCUT2D eigenvalue weighted by atomic mass is 35.5. The lowest BCUT2D eigenvalue weighted by molar-refractivity contribution is -0.149. The first-order valence-corrected chi connectivity index (χ1v) is 8.31. The standard InChI is InChI=1S/C19H19ClN2O4/c1-13(21-18(24)14-8-10-15(20)11-9-14)19(25)26-12-17(23)22(2)16-6-4-3-5-7-16/h3-11,13H,12H2,1-2H3,(H,21,24)/t13-/m0/s1. The van der Waals surface area contributed by atoms with Gasteiger partial charge in [0.2, 0.25) is 0 Å². The Hall–Kier alpha value is -2.86. The van der Waals surface area contributed by atoms with Crippen LogP contribution in [-0.4, -0.2) is 37.5 Å². The summed E-state index contributed by atoms with van der Waals surface area (Å²) in [5.74, 6) is -1.50. The molecule has 0 spiro atoms. The third-order valence-corrected chi connectivity index (χ3v) is 3.92. The zero-order valence-electron chi connectivity index (χ0n) is 14.4. The second kappa shape index (κ2) is 9.01. The third kappa shape index (κ3) is 5.32. The van der Waals surface area contributed by atoms with E-state index >= 15 is 0 Å². The summed E-state index contributed by atoms with van der Waals surface area (Å²) in [5.41, 5.74) is 1.06. The SMILES string of the molecule is C[C@H](NC(=O)c1ccc(Cl)cc1)C(=O)OCC(=O)N(C)c1ccccc1. The van der Waals surface area contributed by atoms with E-state index in [2.05, 4.69) is 5.32 Å². The van der Waals surface area contributed by atoms with Gasteiger partial charge in [-0.1, -0.05) is 29.8 Å². The summed E-state index contributed by atoms with van der Waals surface area (Å²) < 4.78 is 5.00. The topological polar surface area (TPSA) is 75.7 Å². The van der Waals surface area contributed by atoms with E-state index in [-0.39, 0.29) is 5.91 Å². The number of halogens is 1. The fraction of sp³-hybridized carbons (Fsp3) is 0.211. The Morgan fingerprint density at radius 2 is 1.69 bits per heavy atom. The molecule has 0 aliphatic heterocycles. The maximum Gasteiger partial charge on any atom is 0.328 e. The highest BCUT2D eigenvalue weighted by Gasteiger charge is 2.20. The number of nitrogens with one attached hydrogen (secondary N) is 1. The van der Waals surface area contributed by atoms with Crippen molar-refractivity contribution in [2.45, 2.75) is 13.0 Å². The lowest BCUT2D eigenvalue weighted by atomic mass is 10.2. The van der Waals surface area contributed by atoms with Gasteiger partial charge in [-0.25, -0.2) is 4.79 Å². The number of amides is 2. The molecule has 2 amide bonds. The van der Waals surface area contributed by atoms with Crippen molar-refractivity contribution in [2.75, 3.05) is 18.6 Å². The molecule has 0 saturated heterocycles. The molecule has 2 aromatic rings. The van der Waals surface area contributed by atoms with Gasteiger partial charge in [0, 0.05) is 23.3 Å². The number of esters is 1. The predicted octanol–water partition coefficient (Wildman–Crippen LogP) is 2.66. The monoisotopic (exact) mass is 374 g/mol. The van der Waals surface area contributed by atoms with Crippen LogP contribution < -0.4 is 10.2 Å². The van der Waals surface area contributed by atoms with E-state index in [1.807, 2.05) is 6.07 Å². The Morgan fingerprint density at radius 3 is 2.31 bits per heavy atom. The minimum absolute atomic E-state index is 0.369. The van der Waals surface area contributed by atoms with Crippen LogP contribution in [0.1, 0.15) is 17.3 Å². The molecule has 0 heterocycles. The average molecular weight is 375 g/mol. The van der Waals surface area contributed by atoms with Crippen LogP contribution >= 0.6 is 11.6 Å². The van der Waals surface area contributed by atoms with Crippen molar-refractivity contribution in [1.29, 1.82) is 0 Å². The van der Waals surface area contributed by atoms with Crippen molar-refractivity contribution < 1.29 is 19.1 Å². The molecule has 0 saturated carbocycles. The van der Waals surface area contributed by atoms with Crippen molar-refractivity contribution in [1.82, 2.24) is 5.32 Å². The molecule has 0 unspecified atom stereocenters. The van der Waals surface area contributed by atoms with Crippen LogP contribution in [0.4, 0.5) is 5.69 Å². The summed E-state index contributed by atoms with van der Waals surface area (Å²) in [4.78, 5) is 37.6. The van der Waals surface area contributed by atoms with E-state index in [9.17, 15) is 14.4 Å². The fourth-order valence-corrected chi connectivity index (χ4v) is 2.22. The number of hydrogen-bond acceptors (Lipinski definition) is 4. The van der Waals surface area contributed by atoms with Crippen molar-refractivity contribution in [2.24, 2.45) is 0 Å². The summed E-state index contributed by atoms with van der Waals surface area (Å²) >= 11 is 5.77. The molecule has 2 rings (SSSR count). The van der Waals surface area contributed by atoms with Crippen LogP contribution in [0.3, 0.4) is 0 Å². The zero-order chi connectivity index (χ0) is 19.1. The number of para-hydroxylation sites is 1. The Labute approximate surface area is 156 Å². The van der Waals surface area contributed by atoms with Gasteiger partial charge in [-0.15, -0.1) is 0 Å². The van der Waals surface area contributed by atoms with Gasteiger partial charge in [0.05, 0.1) is 0 Å². The normalized spacial score (nSPS) is 11.3. The highest BCUT2D eigenvalue weighted by Crippen LogP contribution is 2.11. The van der Waals surface area contributed by atoms with Gasteiger partial charge < -0.3 is 15.0 Å². The van der Waals surface area contributed by atoms with Crippen molar-refractivity contribution in [3.63, 3.8) is 0 Å². The molecule has 2 aromatic carbocycles. The van der Waals surface area contributed by atoms with E-state index in [1.54, 1.807) is 55.6 Å². The molecule has 1 atom stereocenters. The van der Waals surface area contributed by atoms with E-state index in [0.717, 1.165) is 0 Å². The number of carbonyl (C=O) groups excluding carboxylic acids is 3. The molecule has 7 heteroatoms. The molecular formula is C19H19ClN2O4. The number of nitrogens with zero attached hydrogens (tertiary/aromatic N) is 1. The maximum atomic E-state index is 12.1. The molecule has 0 radical (unpaired) electrons. The number of carbonyl (C=O) groups is 3. The minimum atomic E-state index is -0.895. The number of rotatable bonds is 6.